The lowest BCUT2D eigenvalue weighted by atomic mass is 10.2. The second kappa shape index (κ2) is 7.00. The number of rotatable bonds is 5. The van der Waals surface area contributed by atoms with Crippen molar-refractivity contribution in [2.75, 3.05) is 39.4 Å². The largest absolute Gasteiger partial charge is 0.379 e. The zero-order valence-corrected chi connectivity index (χ0v) is 13.8. The first-order chi connectivity index (χ1) is 9.49. The van der Waals surface area contributed by atoms with Crippen molar-refractivity contribution in [2.45, 2.75) is 11.8 Å². The third kappa shape index (κ3) is 4.26. The molecule has 7 heteroatoms. The molecule has 20 heavy (non-hydrogen) atoms. The first-order valence-corrected chi connectivity index (χ1v) is 8.82. The van der Waals surface area contributed by atoms with E-state index in [9.17, 15) is 8.42 Å². The van der Waals surface area contributed by atoms with E-state index in [0.29, 0.717) is 18.0 Å². The fourth-order valence-corrected chi connectivity index (χ4v) is 3.88. The number of benzene rings is 1. The van der Waals surface area contributed by atoms with Crippen LogP contribution < -0.4 is 4.72 Å². The van der Waals surface area contributed by atoms with Crippen LogP contribution in [0.2, 0.25) is 0 Å². The molecule has 1 heterocycles. The van der Waals surface area contributed by atoms with Gasteiger partial charge in [-0.05, 0) is 30.7 Å². The van der Waals surface area contributed by atoms with Crippen LogP contribution in [0.4, 0.5) is 0 Å². The number of hydrogen-bond acceptors (Lipinski definition) is 4. The first kappa shape index (κ1) is 15.9. The van der Waals surface area contributed by atoms with E-state index in [1.54, 1.807) is 25.1 Å². The monoisotopic (exact) mass is 362 g/mol. The van der Waals surface area contributed by atoms with Gasteiger partial charge in [0.15, 0.2) is 0 Å². The van der Waals surface area contributed by atoms with Crippen LogP contribution in [0, 0.1) is 6.92 Å². The highest BCUT2D eigenvalue weighted by Gasteiger charge is 2.17. The van der Waals surface area contributed by atoms with Gasteiger partial charge in [-0.15, -0.1) is 0 Å². The van der Waals surface area contributed by atoms with E-state index in [-0.39, 0.29) is 0 Å². The van der Waals surface area contributed by atoms with Crippen LogP contribution in [-0.2, 0) is 14.8 Å². The summed E-state index contributed by atoms with van der Waals surface area (Å²) in [4.78, 5) is 2.53. The van der Waals surface area contributed by atoms with E-state index in [1.807, 2.05) is 0 Å². The van der Waals surface area contributed by atoms with Gasteiger partial charge in [0.25, 0.3) is 0 Å². The standard InChI is InChI=1S/C13H19BrN2O3S/c1-11-10-12(14)2-3-13(11)20(17,18)15-4-5-16-6-8-19-9-7-16/h2-3,10,15H,4-9H2,1H3. The average molecular weight is 363 g/mol. The third-order valence-electron chi connectivity index (χ3n) is 3.25. The number of nitrogens with one attached hydrogen (secondary N) is 1. The quantitative estimate of drug-likeness (QED) is 0.859. The van der Waals surface area contributed by atoms with Gasteiger partial charge >= 0.3 is 0 Å². The summed E-state index contributed by atoms with van der Waals surface area (Å²) in [7, 11) is -3.44. The van der Waals surface area contributed by atoms with E-state index in [2.05, 4.69) is 25.6 Å². The summed E-state index contributed by atoms with van der Waals surface area (Å²) in [6.45, 7) is 6.08. The Labute approximate surface area is 128 Å². The van der Waals surface area contributed by atoms with Gasteiger partial charge in [0.05, 0.1) is 18.1 Å². The molecule has 1 aliphatic heterocycles. The summed E-state index contributed by atoms with van der Waals surface area (Å²) in [6.07, 6.45) is 0. The van der Waals surface area contributed by atoms with Gasteiger partial charge < -0.3 is 4.74 Å². The minimum Gasteiger partial charge on any atom is -0.379 e. The summed E-state index contributed by atoms with van der Waals surface area (Å²) >= 11 is 3.33. The number of halogens is 1. The zero-order valence-electron chi connectivity index (χ0n) is 11.4. The lowest BCUT2D eigenvalue weighted by Crippen LogP contribution is -2.41. The Balaban J connectivity index is 1.93. The minimum absolute atomic E-state index is 0.336. The minimum atomic E-state index is -3.44. The SMILES string of the molecule is Cc1cc(Br)ccc1S(=O)(=O)NCCN1CCOCC1. The van der Waals surface area contributed by atoms with Crippen LogP contribution in [-0.4, -0.2) is 52.7 Å². The van der Waals surface area contributed by atoms with Crippen molar-refractivity contribution in [3.05, 3.63) is 28.2 Å². The maximum absolute atomic E-state index is 12.2. The fraction of sp³-hybridized carbons (Fsp3) is 0.538. The van der Waals surface area contributed by atoms with Gasteiger partial charge in [0.1, 0.15) is 0 Å². The molecule has 0 amide bonds. The number of ether oxygens (including phenoxy) is 1. The van der Waals surface area contributed by atoms with Crippen molar-refractivity contribution in [3.8, 4) is 0 Å². The van der Waals surface area contributed by atoms with E-state index in [4.69, 9.17) is 4.74 Å². The van der Waals surface area contributed by atoms with E-state index < -0.39 is 10.0 Å². The van der Waals surface area contributed by atoms with Gasteiger partial charge in [0, 0.05) is 30.7 Å². The molecule has 0 bridgehead atoms. The lowest BCUT2D eigenvalue weighted by molar-refractivity contribution is 0.0390. The molecule has 1 aromatic rings. The molecule has 0 radical (unpaired) electrons. The Morgan fingerprint density at radius 2 is 2.05 bits per heavy atom. The number of nitrogens with zero attached hydrogens (tertiary/aromatic N) is 1. The van der Waals surface area contributed by atoms with Crippen LogP contribution in [0.1, 0.15) is 5.56 Å². The van der Waals surface area contributed by atoms with Crippen LogP contribution in [0.25, 0.3) is 0 Å². The number of hydrogen-bond donors (Lipinski definition) is 1. The van der Waals surface area contributed by atoms with Crippen LogP contribution in [0.5, 0.6) is 0 Å². The molecule has 2 rings (SSSR count). The molecule has 0 aliphatic carbocycles. The molecule has 0 spiro atoms. The molecule has 1 aromatic carbocycles. The highest BCUT2D eigenvalue weighted by Crippen LogP contribution is 2.19. The topological polar surface area (TPSA) is 58.6 Å². The normalized spacial score (nSPS) is 17.3. The molecular formula is C13H19BrN2O3S. The maximum atomic E-state index is 12.2. The molecule has 1 N–H and O–H groups in total. The predicted molar refractivity (Wildman–Crippen MR) is 81.3 cm³/mol. The van der Waals surface area contributed by atoms with Crippen molar-refractivity contribution < 1.29 is 13.2 Å². The Morgan fingerprint density at radius 3 is 2.70 bits per heavy atom. The van der Waals surface area contributed by atoms with Gasteiger partial charge in [0.2, 0.25) is 10.0 Å². The van der Waals surface area contributed by atoms with Crippen LogP contribution >= 0.6 is 15.9 Å². The summed E-state index contributed by atoms with van der Waals surface area (Å²) in [5.74, 6) is 0. The number of morpholine rings is 1. The first-order valence-electron chi connectivity index (χ1n) is 6.55. The molecule has 5 nitrogen and oxygen atoms in total. The average Bonchev–Trinajstić information content (AvgIpc) is 2.39. The summed E-state index contributed by atoms with van der Waals surface area (Å²) in [5.41, 5.74) is 0.734. The molecular weight excluding hydrogens is 344 g/mol. The summed E-state index contributed by atoms with van der Waals surface area (Å²) in [5, 5.41) is 0. The van der Waals surface area contributed by atoms with Crippen LogP contribution in [0.15, 0.2) is 27.6 Å². The highest BCUT2D eigenvalue weighted by molar-refractivity contribution is 9.10. The maximum Gasteiger partial charge on any atom is 0.240 e. The Morgan fingerprint density at radius 1 is 1.35 bits per heavy atom. The third-order valence-corrected chi connectivity index (χ3v) is 5.36. The van der Waals surface area contributed by atoms with Crippen LogP contribution in [0.3, 0.4) is 0 Å². The molecule has 0 aromatic heterocycles. The second-order valence-corrected chi connectivity index (χ2v) is 7.41. The molecule has 1 aliphatic rings. The number of sulfonamides is 1. The van der Waals surface area contributed by atoms with Gasteiger partial charge in [-0.2, -0.15) is 0 Å². The molecule has 0 atom stereocenters. The fourth-order valence-electron chi connectivity index (χ4n) is 2.15. The highest BCUT2D eigenvalue weighted by atomic mass is 79.9. The molecule has 112 valence electrons. The molecule has 0 saturated carbocycles. The Hall–Kier alpha value is -0.470. The summed E-state index contributed by atoms with van der Waals surface area (Å²) < 4.78 is 33.3. The molecule has 1 fully saturated rings. The van der Waals surface area contributed by atoms with E-state index >= 15 is 0 Å². The van der Waals surface area contributed by atoms with Gasteiger partial charge in [-0.25, -0.2) is 13.1 Å². The Kier molecular flexibility index (Phi) is 5.57. The van der Waals surface area contributed by atoms with Crippen molar-refractivity contribution in [1.82, 2.24) is 9.62 Å². The second-order valence-electron chi connectivity index (χ2n) is 4.76. The Bertz CT molecular complexity index is 557. The van der Waals surface area contributed by atoms with E-state index in [0.717, 1.165) is 36.3 Å². The van der Waals surface area contributed by atoms with Gasteiger partial charge in [-0.3, -0.25) is 4.90 Å². The van der Waals surface area contributed by atoms with E-state index in [1.165, 1.54) is 0 Å². The van der Waals surface area contributed by atoms with Crippen molar-refractivity contribution in [1.29, 1.82) is 0 Å². The lowest BCUT2D eigenvalue weighted by Gasteiger charge is -2.26. The molecule has 0 unspecified atom stereocenters. The molecule has 1 saturated heterocycles. The predicted octanol–water partition coefficient (Wildman–Crippen LogP) is 1.37. The van der Waals surface area contributed by atoms with Crippen molar-refractivity contribution in [3.63, 3.8) is 0 Å². The number of aryl methyl sites for hydroxylation is 1. The van der Waals surface area contributed by atoms with Crippen molar-refractivity contribution >= 4 is 26.0 Å². The summed E-state index contributed by atoms with van der Waals surface area (Å²) in [6, 6.07) is 5.16. The zero-order chi connectivity index (χ0) is 14.6. The smallest absolute Gasteiger partial charge is 0.240 e. The van der Waals surface area contributed by atoms with Crippen molar-refractivity contribution in [2.24, 2.45) is 0 Å². The van der Waals surface area contributed by atoms with Gasteiger partial charge in [-0.1, -0.05) is 15.9 Å².